The smallest absolute Gasteiger partial charge is 0.385 e. The number of nitrogens with one attached hydrogen (secondary N) is 3. The summed E-state index contributed by atoms with van der Waals surface area (Å²) in [4.78, 5) is 2.32. The minimum atomic E-state index is -4.55. The van der Waals surface area contributed by atoms with Crippen LogP contribution in [0.25, 0.3) is 16.5 Å². The molecule has 0 bridgehead atoms. The lowest BCUT2D eigenvalue weighted by atomic mass is 9.98. The summed E-state index contributed by atoms with van der Waals surface area (Å²) >= 11 is 0. The molecule has 2 aromatic carbocycles. The molecule has 2 heterocycles. The number of benzene rings is 2. The van der Waals surface area contributed by atoms with Gasteiger partial charge in [0, 0.05) is 24.0 Å². The molecule has 7 N–H and O–H groups in total. The molecule has 35 heavy (non-hydrogen) atoms. The van der Waals surface area contributed by atoms with Gasteiger partial charge < -0.3 is 27.0 Å². The predicted octanol–water partition coefficient (Wildman–Crippen LogP) is 4.20. The van der Waals surface area contributed by atoms with Crippen molar-refractivity contribution in [3.63, 3.8) is 0 Å². The van der Waals surface area contributed by atoms with Crippen LogP contribution < -0.4 is 22.1 Å². The number of allylic oxidation sites excluding steroid dienone is 2. The molecule has 4 rings (SSSR count). The summed E-state index contributed by atoms with van der Waals surface area (Å²) in [6.07, 6.45) is 0.402. The number of halogens is 3. The summed E-state index contributed by atoms with van der Waals surface area (Å²) in [7, 11) is 0. The fourth-order valence-electron chi connectivity index (χ4n) is 4.28. The van der Waals surface area contributed by atoms with Crippen molar-refractivity contribution in [1.29, 1.82) is 0 Å². The Morgan fingerprint density at radius 1 is 1.03 bits per heavy atom. The first-order chi connectivity index (χ1) is 16.8. The molecule has 186 valence electrons. The van der Waals surface area contributed by atoms with E-state index in [-0.39, 0.29) is 22.8 Å². The molecule has 0 amide bonds. The Balaban J connectivity index is 1.63. The van der Waals surface area contributed by atoms with Gasteiger partial charge in [0.05, 0.1) is 11.1 Å². The summed E-state index contributed by atoms with van der Waals surface area (Å²) in [6, 6.07) is 12.8. The van der Waals surface area contributed by atoms with E-state index in [1.165, 1.54) is 24.6 Å². The highest BCUT2D eigenvalue weighted by Crippen LogP contribution is 2.36. The Bertz CT molecular complexity index is 1210. The fraction of sp³-hybridized carbons (Fsp3) is 0.320. The van der Waals surface area contributed by atoms with Gasteiger partial charge in [-0.3, -0.25) is 5.10 Å². The van der Waals surface area contributed by atoms with Crippen LogP contribution in [0.4, 0.5) is 19.0 Å². The van der Waals surface area contributed by atoms with Gasteiger partial charge in [-0.25, -0.2) is 0 Å². The minimum Gasteiger partial charge on any atom is -0.385 e. The van der Waals surface area contributed by atoms with Crippen molar-refractivity contribution >= 4 is 22.3 Å². The summed E-state index contributed by atoms with van der Waals surface area (Å²) in [5.74, 6) is 0.694. The maximum absolute atomic E-state index is 13.8. The van der Waals surface area contributed by atoms with Crippen LogP contribution in [0.3, 0.4) is 0 Å². The second kappa shape index (κ2) is 10.7. The van der Waals surface area contributed by atoms with Crippen molar-refractivity contribution in [2.24, 2.45) is 11.5 Å². The van der Waals surface area contributed by atoms with Crippen LogP contribution in [0.1, 0.15) is 30.4 Å². The highest BCUT2D eigenvalue weighted by atomic mass is 19.4. The molecule has 1 fully saturated rings. The third kappa shape index (κ3) is 6.07. The molecular weight excluding hydrogens is 455 g/mol. The zero-order valence-corrected chi connectivity index (χ0v) is 19.3. The Morgan fingerprint density at radius 3 is 2.51 bits per heavy atom. The largest absolute Gasteiger partial charge is 0.417 e. The van der Waals surface area contributed by atoms with Gasteiger partial charge in [0.15, 0.2) is 5.82 Å². The Hall–Kier alpha value is -3.66. The van der Waals surface area contributed by atoms with Gasteiger partial charge in [-0.15, -0.1) is 0 Å². The number of fused-ring (bicyclic) bond motifs is 1. The topological polar surface area (TPSA) is 108 Å². The number of alkyl halides is 3. The Labute approximate surface area is 202 Å². The maximum Gasteiger partial charge on any atom is 0.417 e. The van der Waals surface area contributed by atoms with E-state index < -0.39 is 11.7 Å². The van der Waals surface area contributed by atoms with Gasteiger partial charge in [0.1, 0.15) is 11.6 Å². The van der Waals surface area contributed by atoms with Gasteiger partial charge in [-0.1, -0.05) is 36.8 Å². The molecule has 1 aliphatic heterocycles. The standard InChI is InChI=1S/C25H30F3N7/c26-25(27,28)20-10-4-2-8-17(20)19(23(30)31-12-15-35-13-6-1-7-14-35)16-22(29)32-24-18-9-3-5-11-21(18)33-34-24/h2-5,8-11,16,31H,1,6-7,12-15,29-30H2,(H2,32,33,34)/b22-16+,23-19-. The van der Waals surface area contributed by atoms with E-state index in [1.807, 2.05) is 24.3 Å². The Morgan fingerprint density at radius 2 is 1.74 bits per heavy atom. The molecule has 0 aliphatic carbocycles. The van der Waals surface area contributed by atoms with Crippen molar-refractivity contribution in [2.45, 2.75) is 25.4 Å². The molecule has 1 aromatic heterocycles. The van der Waals surface area contributed by atoms with E-state index in [4.69, 9.17) is 11.5 Å². The highest BCUT2D eigenvalue weighted by Gasteiger charge is 2.34. The quantitative estimate of drug-likeness (QED) is 0.306. The average molecular weight is 486 g/mol. The number of likely N-dealkylation sites (tertiary alicyclic amines) is 1. The molecule has 0 radical (unpaired) electrons. The molecule has 1 saturated heterocycles. The van der Waals surface area contributed by atoms with Crippen LogP contribution in [0.5, 0.6) is 0 Å². The zero-order valence-electron chi connectivity index (χ0n) is 19.3. The van der Waals surface area contributed by atoms with Crippen molar-refractivity contribution < 1.29 is 13.2 Å². The van der Waals surface area contributed by atoms with E-state index in [9.17, 15) is 13.2 Å². The summed E-state index contributed by atoms with van der Waals surface area (Å²) in [6.45, 7) is 3.30. The van der Waals surface area contributed by atoms with Crippen LogP contribution in [-0.2, 0) is 6.18 Å². The molecule has 0 atom stereocenters. The van der Waals surface area contributed by atoms with E-state index in [1.54, 1.807) is 6.07 Å². The van der Waals surface area contributed by atoms with Crippen LogP contribution in [0.2, 0.25) is 0 Å². The van der Waals surface area contributed by atoms with E-state index in [0.29, 0.717) is 12.4 Å². The van der Waals surface area contributed by atoms with Gasteiger partial charge in [0.25, 0.3) is 0 Å². The van der Waals surface area contributed by atoms with Crippen molar-refractivity contribution in [1.82, 2.24) is 20.4 Å². The maximum atomic E-state index is 13.8. The number of nitrogens with two attached hydrogens (primary N) is 2. The van der Waals surface area contributed by atoms with Crippen molar-refractivity contribution in [3.05, 3.63) is 77.4 Å². The SMILES string of the molecule is N/C(NCCN1CCCCC1)=C(\C=C(/N)Nc1n[nH]c2ccccc12)c1ccccc1C(F)(F)F. The minimum absolute atomic E-state index is 0.0559. The third-order valence-corrected chi connectivity index (χ3v) is 6.04. The van der Waals surface area contributed by atoms with Gasteiger partial charge >= 0.3 is 6.18 Å². The second-order valence-electron chi connectivity index (χ2n) is 8.54. The molecule has 1 aliphatic rings. The monoisotopic (exact) mass is 485 g/mol. The first kappa shape index (κ1) is 24.5. The number of piperidine rings is 1. The Kier molecular flexibility index (Phi) is 7.50. The molecular formula is C25H30F3N7. The lowest BCUT2D eigenvalue weighted by molar-refractivity contribution is -0.137. The lowest BCUT2D eigenvalue weighted by Crippen LogP contribution is -2.37. The number of para-hydroxylation sites is 1. The molecule has 10 heteroatoms. The number of anilines is 1. The number of aromatic nitrogens is 2. The molecule has 3 aromatic rings. The molecule has 0 unspecified atom stereocenters. The van der Waals surface area contributed by atoms with Crippen LogP contribution >= 0.6 is 0 Å². The number of H-pyrrole nitrogens is 1. The number of hydrogen-bond donors (Lipinski definition) is 5. The van der Waals surface area contributed by atoms with Crippen LogP contribution in [0.15, 0.2) is 66.2 Å². The van der Waals surface area contributed by atoms with E-state index in [2.05, 4.69) is 25.7 Å². The van der Waals surface area contributed by atoms with E-state index in [0.717, 1.165) is 49.4 Å². The summed E-state index contributed by atoms with van der Waals surface area (Å²) in [5, 5.41) is 14.0. The van der Waals surface area contributed by atoms with E-state index >= 15 is 0 Å². The highest BCUT2D eigenvalue weighted by molar-refractivity contribution is 5.90. The lowest BCUT2D eigenvalue weighted by Gasteiger charge is -2.26. The van der Waals surface area contributed by atoms with Crippen molar-refractivity contribution in [2.75, 3.05) is 31.5 Å². The van der Waals surface area contributed by atoms with Crippen molar-refractivity contribution in [3.8, 4) is 0 Å². The number of nitrogens with zero attached hydrogens (tertiary/aromatic N) is 2. The zero-order chi connectivity index (χ0) is 24.8. The fourth-order valence-corrected chi connectivity index (χ4v) is 4.28. The molecule has 0 saturated carbocycles. The third-order valence-electron chi connectivity index (χ3n) is 6.04. The number of aromatic amines is 1. The predicted molar refractivity (Wildman–Crippen MR) is 133 cm³/mol. The van der Waals surface area contributed by atoms with Crippen LogP contribution in [0, 0.1) is 0 Å². The first-order valence-corrected chi connectivity index (χ1v) is 11.6. The average Bonchev–Trinajstić information content (AvgIpc) is 3.25. The normalized spacial score (nSPS) is 16.3. The molecule has 0 spiro atoms. The summed E-state index contributed by atoms with van der Waals surface area (Å²) < 4.78 is 41.4. The number of rotatable bonds is 8. The second-order valence-corrected chi connectivity index (χ2v) is 8.54. The van der Waals surface area contributed by atoms with Gasteiger partial charge in [0.2, 0.25) is 0 Å². The van der Waals surface area contributed by atoms with Gasteiger partial charge in [-0.05, 0) is 55.8 Å². The van der Waals surface area contributed by atoms with Gasteiger partial charge in [-0.2, -0.15) is 18.3 Å². The number of hydrogen-bond acceptors (Lipinski definition) is 6. The van der Waals surface area contributed by atoms with Crippen LogP contribution in [-0.4, -0.2) is 41.3 Å². The molecule has 7 nitrogen and oxygen atoms in total. The first-order valence-electron chi connectivity index (χ1n) is 11.6. The summed E-state index contributed by atoms with van der Waals surface area (Å²) in [5.41, 5.74) is 12.7.